The Morgan fingerprint density at radius 2 is 2.05 bits per heavy atom. The molecule has 0 saturated carbocycles. The average molecular weight is 294 g/mol. The molecular weight excluding hydrogens is 272 g/mol. The monoisotopic (exact) mass is 294 g/mol. The summed E-state index contributed by atoms with van der Waals surface area (Å²) in [5.41, 5.74) is 0. The van der Waals surface area contributed by atoms with Gasteiger partial charge < -0.3 is 10.1 Å². The fourth-order valence-corrected chi connectivity index (χ4v) is 3.77. The minimum Gasteiger partial charge on any atom is -0.618 e. The molecular formula is C15H22N2O2S. The van der Waals surface area contributed by atoms with Gasteiger partial charge in [-0.2, -0.15) is 4.73 Å². The number of nitrogens with zero attached hydrogens (tertiary/aromatic N) is 2. The second kappa shape index (κ2) is 6.48. The SMILES string of the molecule is CC1CC(C)CN(C(=O)C(C)Sc2cccc[n+]2[O-])C1. The minimum absolute atomic E-state index is 0.136. The van der Waals surface area contributed by atoms with E-state index in [4.69, 9.17) is 0 Å². The van der Waals surface area contributed by atoms with Crippen LogP contribution in [0.5, 0.6) is 0 Å². The summed E-state index contributed by atoms with van der Waals surface area (Å²) < 4.78 is 0.815. The molecule has 2 rings (SSSR count). The summed E-state index contributed by atoms with van der Waals surface area (Å²) in [4.78, 5) is 14.5. The molecule has 1 aliphatic rings. The Morgan fingerprint density at radius 3 is 2.65 bits per heavy atom. The van der Waals surface area contributed by atoms with Gasteiger partial charge >= 0.3 is 0 Å². The molecule has 0 bridgehead atoms. The highest BCUT2D eigenvalue weighted by atomic mass is 32.2. The van der Waals surface area contributed by atoms with Gasteiger partial charge in [-0.3, -0.25) is 4.79 Å². The van der Waals surface area contributed by atoms with Crippen LogP contribution in [0, 0.1) is 17.0 Å². The molecule has 110 valence electrons. The van der Waals surface area contributed by atoms with Crippen molar-refractivity contribution in [1.82, 2.24) is 4.90 Å². The van der Waals surface area contributed by atoms with E-state index in [9.17, 15) is 10.0 Å². The molecule has 5 heteroatoms. The lowest BCUT2D eigenvalue weighted by Crippen LogP contribution is -2.45. The van der Waals surface area contributed by atoms with Gasteiger partial charge in [0.05, 0.1) is 5.25 Å². The van der Waals surface area contributed by atoms with E-state index in [2.05, 4.69) is 13.8 Å². The largest absolute Gasteiger partial charge is 0.618 e. The highest BCUT2D eigenvalue weighted by Crippen LogP contribution is 2.26. The van der Waals surface area contributed by atoms with Crippen molar-refractivity contribution in [2.24, 2.45) is 11.8 Å². The van der Waals surface area contributed by atoms with Crippen LogP contribution in [-0.2, 0) is 4.79 Å². The van der Waals surface area contributed by atoms with E-state index in [0.717, 1.165) is 17.8 Å². The van der Waals surface area contributed by atoms with Crippen molar-refractivity contribution in [1.29, 1.82) is 0 Å². The smallest absolute Gasteiger partial charge is 0.252 e. The van der Waals surface area contributed by atoms with Gasteiger partial charge in [0.25, 0.3) is 5.03 Å². The van der Waals surface area contributed by atoms with E-state index in [-0.39, 0.29) is 11.2 Å². The topological polar surface area (TPSA) is 47.2 Å². The summed E-state index contributed by atoms with van der Waals surface area (Å²) in [5.74, 6) is 1.25. The molecule has 2 heterocycles. The Hall–Kier alpha value is -1.23. The van der Waals surface area contributed by atoms with Gasteiger partial charge in [0.2, 0.25) is 5.91 Å². The van der Waals surface area contributed by atoms with E-state index in [1.54, 1.807) is 12.1 Å². The van der Waals surface area contributed by atoms with Crippen LogP contribution in [-0.4, -0.2) is 29.1 Å². The van der Waals surface area contributed by atoms with Crippen LogP contribution < -0.4 is 4.73 Å². The molecule has 1 amide bonds. The Morgan fingerprint density at radius 1 is 1.40 bits per heavy atom. The second-order valence-electron chi connectivity index (χ2n) is 5.81. The number of rotatable bonds is 3. The molecule has 0 aromatic carbocycles. The fraction of sp³-hybridized carbons (Fsp3) is 0.600. The summed E-state index contributed by atoms with van der Waals surface area (Å²) in [6, 6.07) is 5.26. The number of carbonyl (C=O) groups is 1. The number of pyridine rings is 1. The zero-order valence-electron chi connectivity index (χ0n) is 12.3. The first-order valence-electron chi connectivity index (χ1n) is 7.11. The third-order valence-electron chi connectivity index (χ3n) is 3.61. The van der Waals surface area contributed by atoms with E-state index < -0.39 is 0 Å². The summed E-state index contributed by atoms with van der Waals surface area (Å²) in [6.45, 7) is 7.93. The van der Waals surface area contributed by atoms with E-state index in [0.29, 0.717) is 16.9 Å². The first-order valence-corrected chi connectivity index (χ1v) is 7.99. The Bertz CT molecular complexity index is 471. The maximum atomic E-state index is 12.5. The second-order valence-corrected chi connectivity index (χ2v) is 7.18. The maximum Gasteiger partial charge on any atom is 0.252 e. The first kappa shape index (κ1) is 15.2. The fourth-order valence-electron chi connectivity index (χ4n) is 2.84. The van der Waals surface area contributed by atoms with Gasteiger partial charge in [0.15, 0.2) is 6.20 Å². The Labute approximate surface area is 124 Å². The molecule has 0 spiro atoms. The van der Waals surface area contributed by atoms with Crippen LogP contribution in [0.4, 0.5) is 0 Å². The summed E-state index contributed by atoms with van der Waals surface area (Å²) >= 11 is 1.33. The van der Waals surface area contributed by atoms with Gasteiger partial charge in [-0.25, -0.2) is 0 Å². The van der Waals surface area contributed by atoms with Crippen LogP contribution in [0.15, 0.2) is 29.4 Å². The number of hydrogen-bond acceptors (Lipinski definition) is 3. The number of piperidine rings is 1. The molecule has 0 aliphatic carbocycles. The lowest BCUT2D eigenvalue weighted by atomic mass is 9.92. The lowest BCUT2D eigenvalue weighted by Gasteiger charge is -2.36. The number of carbonyl (C=O) groups excluding carboxylic acids is 1. The van der Waals surface area contributed by atoms with Gasteiger partial charge in [-0.15, -0.1) is 0 Å². The zero-order chi connectivity index (χ0) is 14.7. The van der Waals surface area contributed by atoms with Gasteiger partial charge in [0, 0.05) is 25.2 Å². The normalized spacial score (nSPS) is 24.4. The molecule has 3 atom stereocenters. The van der Waals surface area contributed by atoms with Crippen LogP contribution in [0.25, 0.3) is 0 Å². The number of hydrogen-bond donors (Lipinski definition) is 0. The van der Waals surface area contributed by atoms with Crippen molar-refractivity contribution >= 4 is 17.7 Å². The summed E-state index contributed by atoms with van der Waals surface area (Å²) in [5, 5.41) is 12.0. The Balaban J connectivity index is 2.00. The number of aromatic nitrogens is 1. The van der Waals surface area contributed by atoms with Crippen molar-refractivity contribution in [3.8, 4) is 0 Å². The van der Waals surface area contributed by atoms with E-state index in [1.165, 1.54) is 24.4 Å². The average Bonchev–Trinajstić information content (AvgIpc) is 2.39. The van der Waals surface area contributed by atoms with E-state index >= 15 is 0 Å². The first-order chi connectivity index (χ1) is 9.47. The molecule has 1 aromatic heterocycles. The molecule has 1 aliphatic heterocycles. The third kappa shape index (κ3) is 3.66. The third-order valence-corrected chi connectivity index (χ3v) is 4.73. The molecule has 3 unspecified atom stereocenters. The molecule has 4 nitrogen and oxygen atoms in total. The molecule has 0 radical (unpaired) electrons. The lowest BCUT2D eigenvalue weighted by molar-refractivity contribution is -0.645. The summed E-state index contributed by atoms with van der Waals surface area (Å²) in [6.07, 6.45) is 2.65. The van der Waals surface area contributed by atoms with Crippen LogP contribution >= 0.6 is 11.8 Å². The number of likely N-dealkylation sites (tertiary alicyclic amines) is 1. The highest BCUT2D eigenvalue weighted by Gasteiger charge is 2.29. The van der Waals surface area contributed by atoms with Gasteiger partial charge in [-0.05, 0) is 43.0 Å². The van der Waals surface area contributed by atoms with Crippen molar-refractivity contribution in [2.45, 2.75) is 37.5 Å². The molecule has 1 fully saturated rings. The predicted molar refractivity (Wildman–Crippen MR) is 80.2 cm³/mol. The van der Waals surface area contributed by atoms with Gasteiger partial charge in [-0.1, -0.05) is 13.8 Å². The van der Waals surface area contributed by atoms with Crippen molar-refractivity contribution in [3.63, 3.8) is 0 Å². The van der Waals surface area contributed by atoms with Crippen LogP contribution in [0.1, 0.15) is 27.2 Å². The molecule has 20 heavy (non-hydrogen) atoms. The van der Waals surface area contributed by atoms with Crippen LogP contribution in [0.2, 0.25) is 0 Å². The molecule has 1 saturated heterocycles. The van der Waals surface area contributed by atoms with Crippen LogP contribution in [0.3, 0.4) is 0 Å². The zero-order valence-corrected chi connectivity index (χ0v) is 13.1. The molecule has 1 aromatic rings. The number of thioether (sulfide) groups is 1. The van der Waals surface area contributed by atoms with Crippen molar-refractivity contribution in [3.05, 3.63) is 29.6 Å². The molecule has 0 N–H and O–H groups in total. The highest BCUT2D eigenvalue weighted by molar-refractivity contribution is 8.00. The standard InChI is InChI=1S/C15H22N2O2S/c1-11-8-12(2)10-16(9-11)15(18)13(3)20-14-6-4-5-7-17(14)19/h4-7,11-13H,8-10H2,1-3H3. The number of amides is 1. The van der Waals surface area contributed by atoms with Gasteiger partial charge in [0.1, 0.15) is 0 Å². The maximum absolute atomic E-state index is 12.5. The minimum atomic E-state index is -0.227. The van der Waals surface area contributed by atoms with E-state index in [1.807, 2.05) is 17.9 Å². The quantitative estimate of drug-likeness (QED) is 0.488. The van der Waals surface area contributed by atoms with Crippen molar-refractivity contribution in [2.75, 3.05) is 13.1 Å². The summed E-state index contributed by atoms with van der Waals surface area (Å²) in [7, 11) is 0. The Kier molecular flexibility index (Phi) is 4.91. The predicted octanol–water partition coefficient (Wildman–Crippen LogP) is 2.31. The van der Waals surface area contributed by atoms with Crippen molar-refractivity contribution < 1.29 is 9.52 Å².